The van der Waals surface area contributed by atoms with Gasteiger partial charge in [0.15, 0.2) is 29.2 Å². The molecule has 2 amide bonds. The van der Waals surface area contributed by atoms with E-state index >= 15 is 0 Å². The van der Waals surface area contributed by atoms with Crippen LogP contribution >= 0.6 is 11.6 Å². The smallest absolute Gasteiger partial charge is 0.337 e. The number of amides is 2. The van der Waals surface area contributed by atoms with Gasteiger partial charge in [-0.05, 0) is 73.4 Å². The van der Waals surface area contributed by atoms with Gasteiger partial charge in [-0.15, -0.1) is 6.58 Å². The summed E-state index contributed by atoms with van der Waals surface area (Å²) in [5.74, 6) is 1.25. The number of ether oxygens (including phenoxy) is 5. The molecule has 3 aromatic carbocycles. The lowest BCUT2D eigenvalue weighted by molar-refractivity contribution is -0.136. The Bertz CT molecular complexity index is 1680. The number of benzene rings is 3. The molecule has 3 aromatic rings. The van der Waals surface area contributed by atoms with Crippen molar-refractivity contribution in [3.8, 4) is 23.0 Å². The van der Waals surface area contributed by atoms with Crippen LogP contribution < -0.4 is 35.0 Å². The summed E-state index contributed by atoms with van der Waals surface area (Å²) in [5, 5.41) is 20.7. The lowest BCUT2D eigenvalue weighted by atomic mass is 9.95. The van der Waals surface area contributed by atoms with Gasteiger partial charge >= 0.3 is 12.0 Å². The molecule has 13 heteroatoms. The minimum Gasteiger partial charge on any atom is -0.493 e. The monoisotopic (exact) mass is 678 g/mol. The quantitative estimate of drug-likeness (QED) is 0.0529. The molecule has 48 heavy (non-hydrogen) atoms. The number of hydrogen-bond acceptors (Lipinski definition) is 10. The number of nitrogens with one attached hydrogen (secondary N) is 3. The number of allylic oxidation sites excluding steroid dienone is 2. The number of urea groups is 1. The van der Waals surface area contributed by atoms with E-state index in [0.717, 1.165) is 11.1 Å². The van der Waals surface area contributed by atoms with E-state index in [-0.39, 0.29) is 12.2 Å². The van der Waals surface area contributed by atoms with Crippen LogP contribution in [0.15, 0.2) is 83.6 Å². The fraction of sp³-hybridized carbons (Fsp3) is 0.286. The summed E-state index contributed by atoms with van der Waals surface area (Å²) in [6.45, 7) is 7.77. The molecule has 0 fully saturated rings. The molecular formula is C35H39ClN4O8. The minimum absolute atomic E-state index is 0.171. The zero-order valence-corrected chi connectivity index (χ0v) is 27.9. The van der Waals surface area contributed by atoms with Crippen molar-refractivity contribution in [2.24, 2.45) is 5.10 Å². The number of halogens is 1. The van der Waals surface area contributed by atoms with Crippen LogP contribution in [0.5, 0.6) is 23.0 Å². The first kappa shape index (κ1) is 35.7. The highest BCUT2D eigenvalue weighted by atomic mass is 35.5. The molecule has 4 rings (SSSR count). The number of aliphatic hydroxyl groups excluding tert-OH is 1. The van der Waals surface area contributed by atoms with Crippen LogP contribution in [0.4, 0.5) is 4.79 Å². The Morgan fingerprint density at radius 3 is 2.54 bits per heavy atom. The third kappa shape index (κ3) is 9.20. The van der Waals surface area contributed by atoms with E-state index in [4.69, 9.17) is 35.3 Å². The topological polar surface area (TPSA) is 149 Å². The molecule has 2 atom stereocenters. The predicted molar refractivity (Wildman–Crippen MR) is 182 cm³/mol. The van der Waals surface area contributed by atoms with Crippen LogP contribution in [0, 0.1) is 0 Å². The number of esters is 1. The summed E-state index contributed by atoms with van der Waals surface area (Å²) in [6, 6.07) is 14.9. The van der Waals surface area contributed by atoms with Crippen LogP contribution in [-0.2, 0) is 22.6 Å². The van der Waals surface area contributed by atoms with E-state index in [1.54, 1.807) is 62.7 Å². The van der Waals surface area contributed by atoms with Gasteiger partial charge in [-0.25, -0.2) is 9.59 Å². The maximum Gasteiger partial charge on any atom is 0.337 e. The predicted octanol–water partition coefficient (Wildman–Crippen LogP) is 5.18. The van der Waals surface area contributed by atoms with E-state index in [1.165, 1.54) is 7.11 Å². The van der Waals surface area contributed by atoms with Crippen LogP contribution in [-0.4, -0.2) is 57.0 Å². The molecule has 0 radical (unpaired) electrons. The Morgan fingerprint density at radius 2 is 1.85 bits per heavy atom. The van der Waals surface area contributed by atoms with Crippen molar-refractivity contribution in [1.82, 2.24) is 16.1 Å². The molecule has 0 saturated heterocycles. The second-order valence-corrected chi connectivity index (χ2v) is 11.0. The SMILES string of the molecule is C=CCc1cc(/C=N\N[C@H](O)COc2ccc([C@@H]3NC(=O)NC(C)=C3C(=O)OC)cc2OCC)cc(OC)c1OCc1ccc(Cl)cc1. The average molecular weight is 679 g/mol. The van der Waals surface area contributed by atoms with Gasteiger partial charge in [0.1, 0.15) is 13.2 Å². The third-order valence-electron chi connectivity index (χ3n) is 7.14. The zero-order valence-electron chi connectivity index (χ0n) is 27.2. The highest BCUT2D eigenvalue weighted by Gasteiger charge is 2.32. The number of rotatable bonds is 16. The van der Waals surface area contributed by atoms with Crippen LogP contribution in [0.1, 0.15) is 42.1 Å². The van der Waals surface area contributed by atoms with Gasteiger partial charge in [-0.1, -0.05) is 35.9 Å². The lowest BCUT2D eigenvalue weighted by Crippen LogP contribution is -2.45. The van der Waals surface area contributed by atoms with Crippen molar-refractivity contribution in [3.05, 3.63) is 106 Å². The summed E-state index contributed by atoms with van der Waals surface area (Å²) in [6.07, 6.45) is 2.67. The first-order valence-electron chi connectivity index (χ1n) is 15.1. The van der Waals surface area contributed by atoms with Crippen LogP contribution in [0.2, 0.25) is 5.02 Å². The Balaban J connectivity index is 1.42. The summed E-state index contributed by atoms with van der Waals surface area (Å²) in [5.41, 5.74) is 6.39. The number of carbonyl (C=O) groups is 2. The number of aliphatic hydroxyl groups is 1. The standard InChI is InChI=1S/C35H39ClN4O8/c1-6-8-25-15-23(16-29(44-4)33(25)48-19-22-9-12-26(36)13-10-22)18-37-40-30(41)20-47-27-14-11-24(17-28(27)46-7-2)32-31(34(42)45-5)21(3)38-35(43)39-32/h6,9-18,30,32,40-41H,1,7-8,19-20H2,2-5H3,(H2,38,39,43)/b37-18-/t30-,32+/m1/s1. The molecule has 0 unspecified atom stereocenters. The lowest BCUT2D eigenvalue weighted by Gasteiger charge is -2.28. The highest BCUT2D eigenvalue weighted by molar-refractivity contribution is 6.30. The minimum atomic E-state index is -1.17. The molecule has 12 nitrogen and oxygen atoms in total. The van der Waals surface area contributed by atoms with E-state index in [0.29, 0.717) is 64.5 Å². The summed E-state index contributed by atoms with van der Waals surface area (Å²) in [4.78, 5) is 24.7. The van der Waals surface area contributed by atoms with Crippen molar-refractivity contribution in [2.75, 3.05) is 27.4 Å². The molecule has 0 aliphatic carbocycles. The molecule has 1 aliphatic rings. The third-order valence-corrected chi connectivity index (χ3v) is 7.40. The molecule has 1 aliphatic heterocycles. The van der Waals surface area contributed by atoms with Crippen molar-refractivity contribution in [1.29, 1.82) is 0 Å². The van der Waals surface area contributed by atoms with Gasteiger partial charge in [0.25, 0.3) is 0 Å². The van der Waals surface area contributed by atoms with Crippen molar-refractivity contribution in [2.45, 2.75) is 39.1 Å². The Hall–Kier alpha value is -5.20. The number of hydrazone groups is 1. The van der Waals surface area contributed by atoms with Crippen LogP contribution in [0.25, 0.3) is 0 Å². The molecule has 254 valence electrons. The second-order valence-electron chi connectivity index (χ2n) is 10.5. The van der Waals surface area contributed by atoms with E-state index in [1.807, 2.05) is 25.1 Å². The first-order valence-corrected chi connectivity index (χ1v) is 15.5. The Morgan fingerprint density at radius 1 is 1.08 bits per heavy atom. The van der Waals surface area contributed by atoms with Crippen molar-refractivity contribution in [3.63, 3.8) is 0 Å². The van der Waals surface area contributed by atoms with E-state index in [2.05, 4.69) is 27.7 Å². The normalized spacial score (nSPS) is 14.9. The Labute approximate surface area is 284 Å². The van der Waals surface area contributed by atoms with Crippen molar-refractivity contribution >= 4 is 29.8 Å². The number of nitrogens with zero attached hydrogens (tertiary/aromatic N) is 1. The maximum absolute atomic E-state index is 12.5. The van der Waals surface area contributed by atoms with Gasteiger partial charge in [0.05, 0.1) is 38.7 Å². The van der Waals surface area contributed by atoms with Crippen molar-refractivity contribution < 1.29 is 38.4 Å². The number of hydrogen-bond donors (Lipinski definition) is 4. The average Bonchev–Trinajstić information content (AvgIpc) is 3.07. The fourth-order valence-corrected chi connectivity index (χ4v) is 5.06. The number of methoxy groups -OCH3 is 2. The van der Waals surface area contributed by atoms with E-state index in [9.17, 15) is 14.7 Å². The Kier molecular flexibility index (Phi) is 12.7. The molecular weight excluding hydrogens is 640 g/mol. The summed E-state index contributed by atoms with van der Waals surface area (Å²) < 4.78 is 28.3. The summed E-state index contributed by atoms with van der Waals surface area (Å²) in [7, 11) is 2.83. The molecule has 0 bridgehead atoms. The highest BCUT2D eigenvalue weighted by Crippen LogP contribution is 2.36. The fourth-order valence-electron chi connectivity index (χ4n) is 4.94. The summed E-state index contributed by atoms with van der Waals surface area (Å²) >= 11 is 6.00. The molecule has 0 saturated carbocycles. The second kappa shape index (κ2) is 17.1. The van der Waals surface area contributed by atoms with Gasteiger partial charge in [-0.2, -0.15) is 5.10 Å². The van der Waals surface area contributed by atoms with Gasteiger partial charge in [-0.3, -0.25) is 5.43 Å². The first-order chi connectivity index (χ1) is 23.2. The van der Waals surface area contributed by atoms with Gasteiger partial charge < -0.3 is 39.4 Å². The zero-order chi connectivity index (χ0) is 34.6. The molecule has 4 N–H and O–H groups in total. The molecule has 0 spiro atoms. The molecule has 1 heterocycles. The molecule has 0 aromatic heterocycles. The largest absolute Gasteiger partial charge is 0.493 e. The van der Waals surface area contributed by atoms with E-state index < -0.39 is 24.3 Å². The maximum atomic E-state index is 12.5. The number of carbonyl (C=O) groups excluding carboxylic acids is 2. The van der Waals surface area contributed by atoms with Crippen LogP contribution in [0.3, 0.4) is 0 Å². The van der Waals surface area contributed by atoms with Gasteiger partial charge in [0, 0.05) is 16.3 Å². The van der Waals surface area contributed by atoms with Gasteiger partial charge in [0.2, 0.25) is 0 Å².